The first-order valence-electron chi connectivity index (χ1n) is 7.60. The number of halogens is 2. The highest BCUT2D eigenvalue weighted by molar-refractivity contribution is 6.32. The summed E-state index contributed by atoms with van der Waals surface area (Å²) in [6.07, 6.45) is -1.09. The Morgan fingerprint density at radius 3 is 2.48 bits per heavy atom. The fourth-order valence-corrected chi connectivity index (χ4v) is 2.58. The number of amides is 1. The Hall–Kier alpha value is -2.47. The zero-order valence-electron chi connectivity index (χ0n) is 14.3. The van der Waals surface area contributed by atoms with Gasteiger partial charge in [0.25, 0.3) is 5.91 Å². The molecule has 1 aromatic heterocycles. The summed E-state index contributed by atoms with van der Waals surface area (Å²) in [5.41, 5.74) is 2.15. The van der Waals surface area contributed by atoms with E-state index in [1.807, 2.05) is 0 Å². The highest BCUT2D eigenvalue weighted by Gasteiger charge is 2.23. The number of nitrogens with one attached hydrogen (secondary N) is 1. The zero-order valence-corrected chi connectivity index (χ0v) is 15.1. The fourth-order valence-electron chi connectivity index (χ4n) is 2.22. The maximum Gasteiger partial charge on any atom is 0.342 e. The van der Waals surface area contributed by atoms with Crippen molar-refractivity contribution < 1.29 is 18.7 Å². The van der Waals surface area contributed by atoms with Crippen LogP contribution in [0.1, 0.15) is 34.1 Å². The number of anilines is 1. The molecule has 25 heavy (non-hydrogen) atoms. The van der Waals surface area contributed by atoms with Gasteiger partial charge in [0.05, 0.1) is 5.56 Å². The van der Waals surface area contributed by atoms with E-state index in [9.17, 15) is 14.0 Å². The van der Waals surface area contributed by atoms with Gasteiger partial charge < -0.3 is 10.1 Å². The van der Waals surface area contributed by atoms with Gasteiger partial charge in [0.2, 0.25) is 0 Å². The lowest BCUT2D eigenvalue weighted by Crippen LogP contribution is -2.30. The maximum atomic E-state index is 13.5. The van der Waals surface area contributed by atoms with E-state index in [2.05, 4.69) is 10.3 Å². The van der Waals surface area contributed by atoms with Crippen LogP contribution in [0.3, 0.4) is 0 Å². The fraction of sp³-hybridized carbons (Fsp3) is 0.278. The normalized spacial score (nSPS) is 11.8. The molecule has 1 heterocycles. The number of aromatic nitrogens is 1. The average Bonchev–Trinajstić information content (AvgIpc) is 2.49. The summed E-state index contributed by atoms with van der Waals surface area (Å²) in [4.78, 5) is 28.4. The van der Waals surface area contributed by atoms with Crippen LogP contribution in [-0.2, 0) is 9.53 Å². The third-order valence-corrected chi connectivity index (χ3v) is 3.87. The minimum atomic E-state index is -1.09. The summed E-state index contributed by atoms with van der Waals surface area (Å²) in [6.45, 7) is 6.50. The Morgan fingerprint density at radius 2 is 1.88 bits per heavy atom. The molecule has 1 atom stereocenters. The Morgan fingerprint density at radius 1 is 1.20 bits per heavy atom. The topological polar surface area (TPSA) is 68.3 Å². The van der Waals surface area contributed by atoms with Crippen LogP contribution >= 0.6 is 11.6 Å². The minimum absolute atomic E-state index is 0.0238. The minimum Gasteiger partial charge on any atom is -0.449 e. The van der Waals surface area contributed by atoms with Crippen molar-refractivity contribution in [1.82, 2.24) is 4.98 Å². The largest absolute Gasteiger partial charge is 0.449 e. The smallest absolute Gasteiger partial charge is 0.342 e. The van der Waals surface area contributed by atoms with Crippen LogP contribution in [0.5, 0.6) is 0 Å². The number of rotatable bonds is 4. The van der Waals surface area contributed by atoms with Gasteiger partial charge in [-0.05, 0) is 57.0 Å². The number of ether oxygens (including phenoxy) is 1. The van der Waals surface area contributed by atoms with Crippen LogP contribution in [0, 0.1) is 26.6 Å². The number of hydrogen-bond acceptors (Lipinski definition) is 4. The zero-order chi connectivity index (χ0) is 18.7. The van der Waals surface area contributed by atoms with Crippen molar-refractivity contribution in [1.29, 1.82) is 0 Å². The molecular formula is C18H18ClFN2O3. The molecule has 1 aromatic carbocycles. The van der Waals surface area contributed by atoms with E-state index in [4.69, 9.17) is 16.3 Å². The van der Waals surface area contributed by atoms with Crippen LogP contribution in [0.2, 0.25) is 5.15 Å². The standard InChI is InChI=1S/C18H18ClFN2O3/c1-9-5-6-13(8-14(9)20)22-17(23)12(4)25-18(24)15-10(2)7-11(3)21-16(15)19/h5-8,12H,1-4H3,(H,22,23)/t12-/m0/s1. The van der Waals surface area contributed by atoms with Crippen molar-refractivity contribution >= 4 is 29.2 Å². The predicted octanol–water partition coefficient (Wildman–Crippen LogP) is 3.98. The molecule has 1 amide bonds. The third-order valence-electron chi connectivity index (χ3n) is 3.60. The monoisotopic (exact) mass is 364 g/mol. The van der Waals surface area contributed by atoms with Crippen LogP contribution in [0.25, 0.3) is 0 Å². The quantitative estimate of drug-likeness (QED) is 0.658. The second-order valence-electron chi connectivity index (χ2n) is 5.75. The molecule has 0 aliphatic carbocycles. The molecule has 1 N–H and O–H groups in total. The number of carbonyl (C=O) groups excluding carboxylic acids is 2. The number of esters is 1. The van der Waals surface area contributed by atoms with Crippen molar-refractivity contribution in [3.05, 3.63) is 57.6 Å². The molecule has 0 saturated carbocycles. The van der Waals surface area contributed by atoms with E-state index in [1.54, 1.807) is 39.0 Å². The second-order valence-corrected chi connectivity index (χ2v) is 6.11. The number of hydrogen-bond donors (Lipinski definition) is 1. The first-order chi connectivity index (χ1) is 11.7. The van der Waals surface area contributed by atoms with Crippen LogP contribution in [-0.4, -0.2) is 23.0 Å². The van der Waals surface area contributed by atoms with Gasteiger partial charge in [0.15, 0.2) is 6.10 Å². The first kappa shape index (κ1) is 18.9. The Balaban J connectivity index is 2.08. The molecule has 0 aliphatic rings. The summed E-state index contributed by atoms with van der Waals surface area (Å²) in [6, 6.07) is 6.01. The summed E-state index contributed by atoms with van der Waals surface area (Å²) in [5, 5.41) is 2.52. The number of benzene rings is 1. The van der Waals surface area contributed by atoms with Crippen molar-refractivity contribution in [2.75, 3.05) is 5.32 Å². The number of pyridine rings is 1. The second kappa shape index (κ2) is 7.61. The molecule has 0 radical (unpaired) electrons. The van der Waals surface area contributed by atoms with Gasteiger partial charge in [-0.3, -0.25) is 4.79 Å². The van der Waals surface area contributed by atoms with Gasteiger partial charge in [0.1, 0.15) is 11.0 Å². The predicted molar refractivity (Wildman–Crippen MR) is 93.4 cm³/mol. The molecule has 2 aromatic rings. The summed E-state index contributed by atoms with van der Waals surface area (Å²) in [7, 11) is 0. The number of nitrogens with zero attached hydrogens (tertiary/aromatic N) is 1. The summed E-state index contributed by atoms with van der Waals surface area (Å²) < 4.78 is 18.7. The molecule has 0 unspecified atom stereocenters. The van der Waals surface area contributed by atoms with E-state index >= 15 is 0 Å². The lowest BCUT2D eigenvalue weighted by atomic mass is 10.1. The molecule has 5 nitrogen and oxygen atoms in total. The van der Waals surface area contributed by atoms with Crippen LogP contribution in [0.4, 0.5) is 10.1 Å². The first-order valence-corrected chi connectivity index (χ1v) is 7.98. The SMILES string of the molecule is Cc1cc(C)c(C(=O)O[C@@H](C)C(=O)Nc2ccc(C)c(F)c2)c(Cl)n1. The van der Waals surface area contributed by atoms with Gasteiger partial charge in [0, 0.05) is 11.4 Å². The molecule has 132 valence electrons. The van der Waals surface area contributed by atoms with Gasteiger partial charge in [-0.25, -0.2) is 14.2 Å². The molecular weight excluding hydrogens is 347 g/mol. The van der Waals surface area contributed by atoms with Gasteiger partial charge in [-0.15, -0.1) is 0 Å². The van der Waals surface area contributed by atoms with Gasteiger partial charge >= 0.3 is 5.97 Å². The lowest BCUT2D eigenvalue weighted by molar-refractivity contribution is -0.123. The molecule has 2 rings (SSSR count). The Kier molecular flexibility index (Phi) is 5.74. The molecule has 0 bridgehead atoms. The van der Waals surface area contributed by atoms with Crippen molar-refractivity contribution in [3.8, 4) is 0 Å². The van der Waals surface area contributed by atoms with E-state index < -0.39 is 23.8 Å². The van der Waals surface area contributed by atoms with E-state index in [1.165, 1.54) is 13.0 Å². The molecule has 0 fully saturated rings. The molecule has 7 heteroatoms. The highest BCUT2D eigenvalue weighted by atomic mass is 35.5. The van der Waals surface area contributed by atoms with E-state index in [0.29, 0.717) is 16.8 Å². The van der Waals surface area contributed by atoms with E-state index in [0.717, 1.165) is 0 Å². The Bertz CT molecular complexity index is 816. The average molecular weight is 365 g/mol. The van der Waals surface area contributed by atoms with Crippen LogP contribution in [0.15, 0.2) is 24.3 Å². The van der Waals surface area contributed by atoms with Crippen LogP contribution < -0.4 is 5.32 Å². The maximum absolute atomic E-state index is 13.5. The number of aryl methyl sites for hydroxylation is 3. The van der Waals surface area contributed by atoms with Crippen molar-refractivity contribution in [2.45, 2.75) is 33.8 Å². The highest BCUT2D eigenvalue weighted by Crippen LogP contribution is 2.21. The molecule has 0 saturated heterocycles. The molecule has 0 spiro atoms. The Labute approximate surface area is 150 Å². The van der Waals surface area contributed by atoms with Gasteiger partial charge in [-0.1, -0.05) is 17.7 Å². The van der Waals surface area contributed by atoms with Gasteiger partial charge in [-0.2, -0.15) is 0 Å². The third kappa shape index (κ3) is 4.54. The molecule has 0 aliphatic heterocycles. The number of carbonyl (C=O) groups is 2. The lowest BCUT2D eigenvalue weighted by Gasteiger charge is -2.15. The van der Waals surface area contributed by atoms with Crippen molar-refractivity contribution in [3.63, 3.8) is 0 Å². The summed E-state index contributed by atoms with van der Waals surface area (Å²) >= 11 is 6.00. The summed E-state index contributed by atoms with van der Waals surface area (Å²) in [5.74, 6) is -1.76. The van der Waals surface area contributed by atoms with Crippen molar-refractivity contribution in [2.24, 2.45) is 0 Å². The van der Waals surface area contributed by atoms with E-state index in [-0.39, 0.29) is 16.4 Å².